The Morgan fingerprint density at radius 3 is 2.45 bits per heavy atom. The summed E-state index contributed by atoms with van der Waals surface area (Å²) in [6, 6.07) is 0. The molecule has 1 aromatic rings. The van der Waals surface area contributed by atoms with Crippen molar-refractivity contribution >= 4 is 21.7 Å². The molecule has 0 amide bonds. The predicted octanol–water partition coefficient (Wildman–Crippen LogP) is 3.87. The quantitative estimate of drug-likeness (QED) is 0.841. The number of hydrogen-bond donors (Lipinski definition) is 1. The molecule has 0 radical (unpaired) electrons. The number of nitrogens with one attached hydrogen (secondary N) is 1. The Bertz CT molecular complexity index is 452. The fourth-order valence-electron chi connectivity index (χ4n) is 1.50. The van der Waals surface area contributed by atoms with Gasteiger partial charge in [-0.15, -0.1) is 0 Å². The molecule has 0 aliphatic heterocycles. The number of alkyl halides is 3. The number of halogens is 4. The Labute approximate surface area is 124 Å². The molecular weight excluding hydrogens is 339 g/mol. The van der Waals surface area contributed by atoms with Crippen molar-refractivity contribution in [3.05, 3.63) is 16.0 Å². The molecule has 0 bridgehead atoms. The highest BCUT2D eigenvalue weighted by atomic mass is 79.9. The summed E-state index contributed by atoms with van der Waals surface area (Å²) in [5.41, 5.74) is 0.738. The van der Waals surface area contributed by atoms with Crippen LogP contribution < -0.4 is 5.32 Å². The fourth-order valence-corrected chi connectivity index (χ4v) is 2.28. The van der Waals surface area contributed by atoms with Crippen LogP contribution in [0.15, 0.2) is 4.47 Å². The lowest BCUT2D eigenvalue weighted by atomic mass is 10.1. The second-order valence-electron chi connectivity index (χ2n) is 4.48. The molecule has 0 fully saturated rings. The zero-order chi connectivity index (χ0) is 15.3. The lowest BCUT2D eigenvalue weighted by Gasteiger charge is -2.14. The van der Waals surface area contributed by atoms with Crippen LogP contribution in [0.25, 0.3) is 0 Å². The van der Waals surface area contributed by atoms with Gasteiger partial charge < -0.3 is 10.1 Å². The molecule has 20 heavy (non-hydrogen) atoms. The van der Waals surface area contributed by atoms with E-state index in [0.717, 1.165) is 10.2 Å². The van der Waals surface area contributed by atoms with Crippen molar-refractivity contribution in [1.82, 2.24) is 9.97 Å². The van der Waals surface area contributed by atoms with Crippen LogP contribution in [0.5, 0.6) is 0 Å². The maximum absolute atomic E-state index is 12.0. The molecule has 0 aliphatic rings. The Kier molecular flexibility index (Phi) is 6.19. The lowest BCUT2D eigenvalue weighted by molar-refractivity contribution is -0.177. The third-order valence-electron chi connectivity index (χ3n) is 2.31. The summed E-state index contributed by atoms with van der Waals surface area (Å²) >= 11 is 3.41. The molecule has 4 nitrogen and oxygen atoms in total. The highest BCUT2D eigenvalue weighted by Gasteiger charge is 2.27. The fraction of sp³-hybridized carbons (Fsp3) is 0.667. The van der Waals surface area contributed by atoms with Gasteiger partial charge in [-0.05, 0) is 28.8 Å². The van der Waals surface area contributed by atoms with Crippen LogP contribution in [0.2, 0.25) is 0 Å². The molecule has 0 aliphatic carbocycles. The molecule has 1 heterocycles. The van der Waals surface area contributed by atoms with Crippen LogP contribution in [0.1, 0.15) is 38.2 Å². The number of hydrogen-bond acceptors (Lipinski definition) is 4. The van der Waals surface area contributed by atoms with E-state index < -0.39 is 12.8 Å². The zero-order valence-electron chi connectivity index (χ0n) is 11.5. The number of aromatic nitrogens is 2. The number of ether oxygens (including phenoxy) is 1. The molecule has 0 saturated heterocycles. The summed E-state index contributed by atoms with van der Waals surface area (Å²) in [6.07, 6.45) is -4.35. The van der Waals surface area contributed by atoms with Gasteiger partial charge in [0.05, 0.1) is 10.2 Å². The second-order valence-corrected chi connectivity index (χ2v) is 5.27. The largest absolute Gasteiger partial charge is 0.411 e. The van der Waals surface area contributed by atoms with Crippen molar-refractivity contribution in [1.29, 1.82) is 0 Å². The first-order chi connectivity index (χ1) is 9.24. The average Bonchev–Trinajstić information content (AvgIpc) is 2.31. The van der Waals surface area contributed by atoms with Gasteiger partial charge in [-0.3, -0.25) is 0 Å². The van der Waals surface area contributed by atoms with Gasteiger partial charge in [0.15, 0.2) is 5.82 Å². The van der Waals surface area contributed by atoms with Crippen LogP contribution in [0, 0.1) is 0 Å². The minimum atomic E-state index is -4.35. The monoisotopic (exact) mass is 355 g/mol. The molecule has 0 spiro atoms. The third-order valence-corrected chi connectivity index (χ3v) is 3.09. The van der Waals surface area contributed by atoms with Gasteiger partial charge in [0.25, 0.3) is 0 Å². The molecule has 1 aromatic heterocycles. The van der Waals surface area contributed by atoms with Crippen LogP contribution in [0.3, 0.4) is 0 Å². The Morgan fingerprint density at radius 2 is 1.95 bits per heavy atom. The molecule has 0 aromatic carbocycles. The lowest BCUT2D eigenvalue weighted by Crippen LogP contribution is -2.18. The number of nitrogens with zero attached hydrogens (tertiary/aromatic N) is 2. The maximum Gasteiger partial charge on any atom is 0.411 e. The van der Waals surface area contributed by atoms with E-state index in [-0.39, 0.29) is 18.3 Å². The van der Waals surface area contributed by atoms with E-state index in [2.05, 4.69) is 36.0 Å². The standard InChI is InChI=1S/C12H17BrF3N3O/c1-4-17-11-9(13)10(7(2)3)18-8(19-11)5-20-6-12(14,15)16/h7H,4-6H2,1-3H3,(H,17,18,19). The summed E-state index contributed by atoms with van der Waals surface area (Å²) < 4.78 is 41.5. The smallest absolute Gasteiger partial charge is 0.369 e. The summed E-state index contributed by atoms with van der Waals surface area (Å²) in [6.45, 7) is 4.87. The highest BCUT2D eigenvalue weighted by molar-refractivity contribution is 9.10. The first-order valence-electron chi connectivity index (χ1n) is 6.19. The number of rotatable bonds is 6. The molecule has 0 unspecified atom stereocenters. The van der Waals surface area contributed by atoms with Gasteiger partial charge in [-0.2, -0.15) is 13.2 Å². The van der Waals surface area contributed by atoms with E-state index in [1.165, 1.54) is 0 Å². The summed E-state index contributed by atoms with van der Waals surface area (Å²) in [5.74, 6) is 0.917. The predicted molar refractivity (Wildman–Crippen MR) is 73.7 cm³/mol. The average molecular weight is 356 g/mol. The highest BCUT2D eigenvalue weighted by Crippen LogP contribution is 2.29. The molecule has 0 atom stereocenters. The van der Waals surface area contributed by atoms with E-state index in [9.17, 15) is 13.2 Å². The molecule has 8 heteroatoms. The summed E-state index contributed by atoms with van der Waals surface area (Å²) in [5, 5.41) is 3.04. The molecule has 0 saturated carbocycles. The van der Waals surface area contributed by atoms with Crippen molar-refractivity contribution in [3.8, 4) is 0 Å². The summed E-state index contributed by atoms with van der Waals surface area (Å²) in [7, 11) is 0. The van der Waals surface area contributed by atoms with Gasteiger partial charge in [0.1, 0.15) is 19.0 Å². The maximum atomic E-state index is 12.0. The SMILES string of the molecule is CCNc1nc(COCC(F)(F)F)nc(C(C)C)c1Br. The Hall–Kier alpha value is -0.890. The van der Waals surface area contributed by atoms with Crippen molar-refractivity contribution in [3.63, 3.8) is 0 Å². The normalized spacial score (nSPS) is 12.0. The topological polar surface area (TPSA) is 47.0 Å². The Balaban J connectivity index is 2.90. The van der Waals surface area contributed by atoms with Crippen molar-refractivity contribution in [2.75, 3.05) is 18.5 Å². The molecular formula is C12H17BrF3N3O. The molecule has 1 rings (SSSR count). The van der Waals surface area contributed by atoms with Gasteiger partial charge in [0.2, 0.25) is 0 Å². The van der Waals surface area contributed by atoms with E-state index in [1.807, 2.05) is 20.8 Å². The molecule has 114 valence electrons. The first-order valence-corrected chi connectivity index (χ1v) is 6.98. The minimum Gasteiger partial charge on any atom is -0.369 e. The molecule has 1 N–H and O–H groups in total. The van der Waals surface area contributed by atoms with Gasteiger partial charge in [0, 0.05) is 6.54 Å². The van der Waals surface area contributed by atoms with Crippen molar-refractivity contribution in [2.24, 2.45) is 0 Å². The van der Waals surface area contributed by atoms with Gasteiger partial charge in [-0.25, -0.2) is 9.97 Å². The first kappa shape index (κ1) is 17.2. The van der Waals surface area contributed by atoms with E-state index in [0.29, 0.717) is 12.4 Å². The number of anilines is 1. The van der Waals surface area contributed by atoms with Crippen LogP contribution in [-0.2, 0) is 11.3 Å². The van der Waals surface area contributed by atoms with E-state index in [1.54, 1.807) is 0 Å². The van der Waals surface area contributed by atoms with Gasteiger partial charge in [-0.1, -0.05) is 13.8 Å². The van der Waals surface area contributed by atoms with Crippen LogP contribution in [0.4, 0.5) is 19.0 Å². The second kappa shape index (κ2) is 7.21. The van der Waals surface area contributed by atoms with Crippen molar-refractivity contribution in [2.45, 2.75) is 39.5 Å². The van der Waals surface area contributed by atoms with Crippen LogP contribution in [-0.4, -0.2) is 29.3 Å². The van der Waals surface area contributed by atoms with E-state index >= 15 is 0 Å². The summed E-state index contributed by atoms with van der Waals surface area (Å²) in [4.78, 5) is 8.41. The van der Waals surface area contributed by atoms with Crippen molar-refractivity contribution < 1.29 is 17.9 Å². The van der Waals surface area contributed by atoms with E-state index in [4.69, 9.17) is 0 Å². The third kappa shape index (κ3) is 5.24. The minimum absolute atomic E-state index is 0.117. The zero-order valence-corrected chi connectivity index (χ0v) is 13.1. The van der Waals surface area contributed by atoms with Crippen LogP contribution >= 0.6 is 15.9 Å². The Morgan fingerprint density at radius 1 is 1.30 bits per heavy atom. The van der Waals surface area contributed by atoms with Gasteiger partial charge >= 0.3 is 6.18 Å².